The average molecular weight is 682 g/mol. The number of nitrogens with one attached hydrogen (secondary N) is 1. The van der Waals surface area contributed by atoms with Crippen LogP contribution in [-0.2, 0) is 6.18 Å². The standard InChI is InChI=1S/C22H17ClF3N5.U/c1-3-31(4-2)18-11-14(22(24,25)26)10-17-20(18)30-21(29-17)16-8-7-13(12-28-16)19-15(23)6-5-9-27-19;/h5-12H,1-4H2,(H,29,30);/q-2;+2. The first-order valence-electron chi connectivity index (χ1n) is 9.33. The quantitative estimate of drug-likeness (QED) is 0.270. The maximum atomic E-state index is 13.4. The number of rotatable bonds is 5. The number of fused-ring (bicyclic) bond motifs is 1. The van der Waals surface area contributed by atoms with Gasteiger partial charge in [0.1, 0.15) is 11.2 Å². The van der Waals surface area contributed by atoms with E-state index in [1.807, 2.05) is 0 Å². The molecule has 5 nitrogen and oxygen atoms in total. The van der Waals surface area contributed by atoms with Gasteiger partial charge in [-0.1, -0.05) is 11.6 Å². The van der Waals surface area contributed by atoms with Crippen molar-refractivity contribution in [2.24, 2.45) is 0 Å². The largest absolute Gasteiger partial charge is 2.00 e. The number of halogens is 4. The van der Waals surface area contributed by atoms with Gasteiger partial charge in [0.05, 0.1) is 27.5 Å². The summed E-state index contributed by atoms with van der Waals surface area (Å²) in [5, 5.41) is 0.492. The van der Waals surface area contributed by atoms with Gasteiger partial charge >= 0.3 is 37.3 Å². The van der Waals surface area contributed by atoms with Crippen molar-refractivity contribution in [3.05, 3.63) is 73.2 Å². The van der Waals surface area contributed by atoms with E-state index in [1.54, 1.807) is 41.6 Å². The van der Waals surface area contributed by atoms with E-state index in [0.29, 0.717) is 39.0 Å². The van der Waals surface area contributed by atoms with Crippen molar-refractivity contribution < 1.29 is 44.3 Å². The Morgan fingerprint density at radius 1 is 1.06 bits per heavy atom. The molecule has 3 aromatic heterocycles. The molecule has 0 saturated heterocycles. The fourth-order valence-electron chi connectivity index (χ4n) is 3.25. The van der Waals surface area contributed by atoms with Crippen LogP contribution >= 0.6 is 11.6 Å². The van der Waals surface area contributed by atoms with Gasteiger partial charge in [0.2, 0.25) is 0 Å². The van der Waals surface area contributed by atoms with Crippen LogP contribution in [0, 0.1) is 45.0 Å². The minimum atomic E-state index is -4.50. The Balaban J connectivity index is 0.00000289. The second-order valence-corrected chi connectivity index (χ2v) is 7.13. The van der Waals surface area contributed by atoms with Crippen molar-refractivity contribution in [3.63, 3.8) is 0 Å². The smallest absolute Gasteiger partial charge is 0.430 e. The molecule has 0 amide bonds. The Kier molecular flexibility index (Phi) is 7.54. The molecule has 0 fully saturated rings. The van der Waals surface area contributed by atoms with Crippen molar-refractivity contribution in [1.82, 2.24) is 19.9 Å². The van der Waals surface area contributed by atoms with Crippen molar-refractivity contribution in [3.8, 4) is 22.8 Å². The van der Waals surface area contributed by atoms with Crippen LogP contribution in [0.25, 0.3) is 33.8 Å². The van der Waals surface area contributed by atoms with Gasteiger partial charge in [-0.15, -0.1) is 13.1 Å². The SMILES string of the molecule is [CH2-]CN(C[CH2-])c1cc(C(F)(F)F)cc2[nH]c(-c3ccc(-c4ncccc4Cl)cn3)nc12.[U+2]. The van der Waals surface area contributed by atoms with Crippen molar-refractivity contribution in [2.75, 3.05) is 18.0 Å². The van der Waals surface area contributed by atoms with Crippen LogP contribution in [0.1, 0.15) is 5.56 Å². The fraction of sp³-hybridized carbons (Fsp3) is 0.136. The molecular formula is C22H17ClF3N5U. The number of aromatic amines is 1. The van der Waals surface area contributed by atoms with E-state index in [1.165, 1.54) is 0 Å². The number of pyridine rings is 2. The molecule has 0 aliphatic heterocycles. The molecular weight excluding hydrogens is 665 g/mol. The number of aromatic nitrogens is 4. The number of alkyl halides is 3. The van der Waals surface area contributed by atoms with E-state index in [0.717, 1.165) is 12.1 Å². The van der Waals surface area contributed by atoms with Crippen LogP contribution in [0.4, 0.5) is 18.9 Å². The number of H-pyrrole nitrogens is 1. The van der Waals surface area contributed by atoms with Crippen LogP contribution in [0.5, 0.6) is 0 Å². The van der Waals surface area contributed by atoms with Gasteiger partial charge in [-0.2, -0.15) is 13.2 Å². The number of hydrogen-bond donors (Lipinski definition) is 1. The van der Waals surface area contributed by atoms with Crippen LogP contribution < -0.4 is 4.90 Å². The van der Waals surface area contributed by atoms with Crippen LogP contribution in [0.2, 0.25) is 5.02 Å². The van der Waals surface area contributed by atoms with Crippen molar-refractivity contribution >= 4 is 28.3 Å². The van der Waals surface area contributed by atoms with E-state index in [4.69, 9.17) is 11.6 Å². The molecule has 32 heavy (non-hydrogen) atoms. The molecule has 0 aliphatic rings. The molecule has 0 aliphatic carbocycles. The first-order valence-corrected chi connectivity index (χ1v) is 9.71. The zero-order valence-electron chi connectivity index (χ0n) is 16.7. The second kappa shape index (κ2) is 9.82. The van der Waals surface area contributed by atoms with Gasteiger partial charge in [0, 0.05) is 18.0 Å². The molecule has 0 spiro atoms. The fourth-order valence-corrected chi connectivity index (χ4v) is 3.48. The molecule has 0 radical (unpaired) electrons. The number of imidazole rings is 1. The molecule has 10 heteroatoms. The van der Waals surface area contributed by atoms with Crippen molar-refractivity contribution in [1.29, 1.82) is 0 Å². The summed E-state index contributed by atoms with van der Waals surface area (Å²) in [5.41, 5.74) is 1.97. The Labute approximate surface area is 211 Å². The summed E-state index contributed by atoms with van der Waals surface area (Å²) in [7, 11) is 0. The van der Waals surface area contributed by atoms with Gasteiger partial charge < -0.3 is 23.7 Å². The summed E-state index contributed by atoms with van der Waals surface area (Å²) in [6.45, 7) is 8.06. The van der Waals surface area contributed by atoms with E-state index >= 15 is 0 Å². The Morgan fingerprint density at radius 2 is 1.81 bits per heavy atom. The summed E-state index contributed by atoms with van der Waals surface area (Å²) in [5.74, 6) is 0.349. The summed E-state index contributed by atoms with van der Waals surface area (Å²) in [6.07, 6.45) is -1.27. The number of nitrogens with zero attached hydrogens (tertiary/aromatic N) is 4. The summed E-state index contributed by atoms with van der Waals surface area (Å²) < 4.78 is 40.3. The third-order valence-corrected chi connectivity index (χ3v) is 5.12. The molecule has 4 aromatic rings. The number of hydrogen-bond acceptors (Lipinski definition) is 4. The first kappa shape index (κ1) is 24.6. The minimum Gasteiger partial charge on any atom is -0.430 e. The molecule has 4 rings (SSSR count). The third kappa shape index (κ3) is 4.80. The Hall–Kier alpha value is -2.08. The number of anilines is 1. The van der Waals surface area contributed by atoms with Gasteiger partial charge in [-0.05, 0) is 36.4 Å². The van der Waals surface area contributed by atoms with E-state index in [9.17, 15) is 13.2 Å². The molecule has 3 heterocycles. The van der Waals surface area contributed by atoms with E-state index < -0.39 is 11.7 Å². The second-order valence-electron chi connectivity index (χ2n) is 6.73. The van der Waals surface area contributed by atoms with Crippen molar-refractivity contribution in [2.45, 2.75) is 6.18 Å². The maximum Gasteiger partial charge on any atom is 2.00 e. The molecule has 0 saturated carbocycles. The van der Waals surface area contributed by atoms with Gasteiger partial charge in [-0.25, -0.2) is 4.98 Å². The topological polar surface area (TPSA) is 57.7 Å². The first-order chi connectivity index (χ1) is 14.8. The molecule has 162 valence electrons. The van der Waals surface area contributed by atoms with Gasteiger partial charge in [0.25, 0.3) is 0 Å². The zero-order chi connectivity index (χ0) is 22.2. The van der Waals surface area contributed by atoms with E-state index in [-0.39, 0.29) is 49.7 Å². The maximum absolute atomic E-state index is 13.4. The molecule has 1 N–H and O–H groups in total. The summed E-state index contributed by atoms with van der Waals surface area (Å²) in [4.78, 5) is 17.7. The predicted molar refractivity (Wildman–Crippen MR) is 115 cm³/mol. The van der Waals surface area contributed by atoms with E-state index in [2.05, 4.69) is 33.8 Å². The van der Waals surface area contributed by atoms with Gasteiger partial charge in [0.15, 0.2) is 5.82 Å². The summed E-state index contributed by atoms with van der Waals surface area (Å²) in [6, 6.07) is 9.07. The molecule has 1 aromatic carbocycles. The Bertz CT molecular complexity index is 1220. The molecule has 0 unspecified atom stereocenters. The average Bonchev–Trinajstić information content (AvgIpc) is 3.19. The summed E-state index contributed by atoms with van der Waals surface area (Å²) >= 11 is 6.18. The Morgan fingerprint density at radius 3 is 2.41 bits per heavy atom. The predicted octanol–water partition coefficient (Wildman–Crippen LogP) is 5.83. The zero-order valence-corrected chi connectivity index (χ0v) is 21.7. The van der Waals surface area contributed by atoms with Crippen LogP contribution in [0.3, 0.4) is 0 Å². The number of benzene rings is 1. The third-order valence-electron chi connectivity index (χ3n) is 4.81. The molecule has 0 bridgehead atoms. The minimum absolute atomic E-state index is 0. The molecule has 0 atom stereocenters. The monoisotopic (exact) mass is 681 g/mol. The van der Waals surface area contributed by atoms with Crippen LogP contribution in [-0.4, -0.2) is 33.0 Å². The van der Waals surface area contributed by atoms with Gasteiger partial charge in [-0.3, -0.25) is 9.97 Å². The normalized spacial score (nSPS) is 11.4. The van der Waals surface area contributed by atoms with Crippen LogP contribution in [0.15, 0.2) is 48.8 Å².